The largest absolute Gasteiger partial charge is 0.573 e. The van der Waals surface area contributed by atoms with Crippen LogP contribution in [-0.2, 0) is 29.1 Å². The monoisotopic (exact) mass is 493 g/mol. The zero-order valence-electron chi connectivity index (χ0n) is 18.0. The molecule has 2 amide bonds. The van der Waals surface area contributed by atoms with Gasteiger partial charge >= 0.3 is 12.3 Å². The van der Waals surface area contributed by atoms with E-state index in [9.17, 15) is 36.0 Å². The molecule has 0 aromatic heterocycles. The molecule has 2 saturated heterocycles. The van der Waals surface area contributed by atoms with Gasteiger partial charge in [0.2, 0.25) is 21.8 Å². The number of likely N-dealkylation sites (N-methyl/N-ethyl adjacent to an activating group) is 1. The molecule has 2 fully saturated rings. The van der Waals surface area contributed by atoms with Crippen LogP contribution in [0.25, 0.3) is 0 Å². The lowest BCUT2D eigenvalue weighted by Gasteiger charge is -2.29. The van der Waals surface area contributed by atoms with E-state index in [1.165, 1.54) is 21.0 Å². The average molecular weight is 493 g/mol. The minimum Gasteiger partial charge on any atom is -0.468 e. The number of halogens is 3. The van der Waals surface area contributed by atoms with Crippen molar-refractivity contribution in [1.29, 1.82) is 0 Å². The van der Waals surface area contributed by atoms with Gasteiger partial charge in [-0.05, 0) is 31.2 Å². The molecule has 14 heteroatoms. The van der Waals surface area contributed by atoms with Gasteiger partial charge in [-0.2, -0.15) is 4.31 Å². The number of alkyl halides is 3. The van der Waals surface area contributed by atoms with Crippen LogP contribution in [0.15, 0.2) is 29.2 Å². The smallest absolute Gasteiger partial charge is 0.468 e. The van der Waals surface area contributed by atoms with Crippen LogP contribution in [0.4, 0.5) is 13.2 Å². The molecule has 0 radical (unpaired) electrons. The van der Waals surface area contributed by atoms with E-state index >= 15 is 0 Å². The van der Waals surface area contributed by atoms with E-state index in [4.69, 9.17) is 4.74 Å². The molecule has 0 spiro atoms. The standard InChI is InChI=1S/C19H22F3N3O7S/c1-18(17(28)31-4)14-13(15(26)25(3)16(14)27)12(23-18)9-24(2)33(29,30)11-7-5-10(6-8-11)32-19(20,21)22/h5-8,12-14,23H,9H2,1-4H3/t12-,13+,14-,18-/m1/s1. The Morgan fingerprint density at radius 3 is 2.30 bits per heavy atom. The first kappa shape index (κ1) is 24.9. The third-order valence-corrected chi connectivity index (χ3v) is 7.78. The number of sulfonamides is 1. The van der Waals surface area contributed by atoms with Gasteiger partial charge in [-0.25, -0.2) is 8.42 Å². The number of fused-ring (bicyclic) bond motifs is 1. The second kappa shape index (κ2) is 8.25. The van der Waals surface area contributed by atoms with Crippen LogP contribution >= 0.6 is 0 Å². The Hall–Kier alpha value is -2.71. The fraction of sp³-hybridized carbons (Fsp3) is 0.526. The zero-order chi connectivity index (χ0) is 24.9. The molecule has 3 rings (SSSR count). The number of likely N-dealkylation sites (tertiary alicyclic amines) is 1. The molecule has 4 atom stereocenters. The van der Waals surface area contributed by atoms with Crippen LogP contribution in [-0.4, -0.2) is 81.1 Å². The predicted molar refractivity (Wildman–Crippen MR) is 105 cm³/mol. The molecular weight excluding hydrogens is 471 g/mol. The number of imide groups is 1. The Morgan fingerprint density at radius 2 is 1.79 bits per heavy atom. The SMILES string of the molecule is COC(=O)[C@]1(C)N[C@H](CN(C)S(=O)(=O)c2ccc(OC(F)(F)F)cc2)[C@@H]2C(=O)N(C)C(=O)[C@@H]21. The van der Waals surface area contributed by atoms with Gasteiger partial charge in [0.05, 0.1) is 23.8 Å². The summed E-state index contributed by atoms with van der Waals surface area (Å²) in [6.07, 6.45) is -4.92. The fourth-order valence-corrected chi connectivity index (χ4v) is 5.53. The molecule has 2 aliphatic rings. The number of carbonyl (C=O) groups is 3. The summed E-state index contributed by atoms with van der Waals surface area (Å²) >= 11 is 0. The number of ether oxygens (including phenoxy) is 2. The van der Waals surface area contributed by atoms with E-state index in [0.717, 1.165) is 40.6 Å². The topological polar surface area (TPSA) is 122 Å². The first-order valence-electron chi connectivity index (χ1n) is 9.63. The van der Waals surface area contributed by atoms with E-state index in [2.05, 4.69) is 10.1 Å². The van der Waals surface area contributed by atoms with Gasteiger partial charge in [0.1, 0.15) is 11.3 Å². The molecule has 10 nitrogen and oxygen atoms in total. The van der Waals surface area contributed by atoms with Gasteiger partial charge in [-0.15, -0.1) is 13.2 Å². The molecule has 1 aromatic rings. The number of methoxy groups -OCH3 is 1. The molecule has 0 bridgehead atoms. The molecule has 2 heterocycles. The van der Waals surface area contributed by atoms with Crippen molar-refractivity contribution < 1.29 is 45.4 Å². The van der Waals surface area contributed by atoms with E-state index in [0.29, 0.717) is 0 Å². The Bertz CT molecular complexity index is 1080. The van der Waals surface area contributed by atoms with E-state index in [1.54, 1.807) is 0 Å². The molecular formula is C19H22F3N3O7S. The van der Waals surface area contributed by atoms with Crippen LogP contribution in [0.5, 0.6) is 5.75 Å². The minimum absolute atomic E-state index is 0.302. The summed E-state index contributed by atoms with van der Waals surface area (Å²) in [6, 6.07) is 2.72. The van der Waals surface area contributed by atoms with E-state index in [-0.39, 0.29) is 11.4 Å². The van der Waals surface area contributed by atoms with Crippen LogP contribution in [0.1, 0.15) is 6.92 Å². The lowest BCUT2D eigenvalue weighted by atomic mass is 9.81. The Labute approximate surface area is 187 Å². The number of nitrogens with zero attached hydrogens (tertiary/aromatic N) is 2. The van der Waals surface area contributed by atoms with Gasteiger partial charge < -0.3 is 9.47 Å². The molecule has 0 aliphatic carbocycles. The summed E-state index contributed by atoms with van der Waals surface area (Å²) in [5.74, 6) is -4.60. The summed E-state index contributed by atoms with van der Waals surface area (Å²) < 4.78 is 72.3. The molecule has 0 unspecified atom stereocenters. The van der Waals surface area contributed by atoms with Crippen LogP contribution in [0.3, 0.4) is 0 Å². The van der Waals surface area contributed by atoms with Crippen molar-refractivity contribution in [3.8, 4) is 5.75 Å². The van der Waals surface area contributed by atoms with Gasteiger partial charge in [0.15, 0.2) is 0 Å². The van der Waals surface area contributed by atoms with Crippen LogP contribution in [0, 0.1) is 11.8 Å². The van der Waals surface area contributed by atoms with Crippen molar-refractivity contribution in [2.45, 2.75) is 29.8 Å². The minimum atomic E-state index is -4.92. The number of rotatable bonds is 6. The number of nitrogens with one attached hydrogen (secondary N) is 1. The molecule has 1 aromatic carbocycles. The van der Waals surface area contributed by atoms with E-state index in [1.807, 2.05) is 0 Å². The van der Waals surface area contributed by atoms with Crippen molar-refractivity contribution in [2.24, 2.45) is 11.8 Å². The van der Waals surface area contributed by atoms with Gasteiger partial charge in [-0.1, -0.05) is 0 Å². The lowest BCUT2D eigenvalue weighted by molar-refractivity contribution is -0.274. The number of hydrogen-bond acceptors (Lipinski definition) is 8. The van der Waals surface area contributed by atoms with Crippen molar-refractivity contribution in [3.63, 3.8) is 0 Å². The van der Waals surface area contributed by atoms with Crippen LogP contribution in [0.2, 0.25) is 0 Å². The molecule has 182 valence electrons. The van der Waals surface area contributed by atoms with Crippen LogP contribution < -0.4 is 10.1 Å². The zero-order valence-corrected chi connectivity index (χ0v) is 18.9. The number of hydrogen-bond donors (Lipinski definition) is 1. The van der Waals surface area contributed by atoms with E-state index < -0.39 is 63.3 Å². The third kappa shape index (κ3) is 4.29. The summed E-state index contributed by atoms with van der Waals surface area (Å²) in [5.41, 5.74) is -1.55. The predicted octanol–water partition coefficient (Wildman–Crippen LogP) is 0.340. The highest BCUT2D eigenvalue weighted by atomic mass is 32.2. The van der Waals surface area contributed by atoms with Crippen molar-refractivity contribution in [1.82, 2.24) is 14.5 Å². The number of amides is 2. The first-order chi connectivity index (χ1) is 15.1. The van der Waals surface area contributed by atoms with Crippen molar-refractivity contribution in [2.75, 3.05) is 27.7 Å². The number of esters is 1. The summed E-state index contributed by atoms with van der Waals surface area (Å²) in [4.78, 5) is 38.4. The molecule has 0 saturated carbocycles. The van der Waals surface area contributed by atoms with Crippen molar-refractivity contribution in [3.05, 3.63) is 24.3 Å². The molecule has 1 N–H and O–H groups in total. The maximum atomic E-state index is 13.0. The lowest BCUT2D eigenvalue weighted by Crippen LogP contribution is -2.56. The number of carbonyl (C=O) groups excluding carboxylic acids is 3. The second-order valence-corrected chi connectivity index (χ2v) is 10.0. The van der Waals surface area contributed by atoms with Gasteiger partial charge in [-0.3, -0.25) is 24.6 Å². The second-order valence-electron chi connectivity index (χ2n) is 7.99. The Morgan fingerprint density at radius 1 is 1.21 bits per heavy atom. The Kier molecular flexibility index (Phi) is 6.23. The average Bonchev–Trinajstić information content (AvgIpc) is 3.15. The normalized spacial score (nSPS) is 27.8. The third-order valence-electron chi connectivity index (χ3n) is 5.94. The summed E-state index contributed by atoms with van der Waals surface area (Å²) in [5, 5.41) is 2.90. The molecule has 33 heavy (non-hydrogen) atoms. The van der Waals surface area contributed by atoms with Gasteiger partial charge in [0, 0.05) is 26.7 Å². The van der Waals surface area contributed by atoms with Crippen molar-refractivity contribution >= 4 is 27.8 Å². The fourth-order valence-electron chi connectivity index (χ4n) is 4.34. The summed E-state index contributed by atoms with van der Waals surface area (Å²) in [6.45, 7) is 1.11. The van der Waals surface area contributed by atoms with Gasteiger partial charge in [0.25, 0.3) is 0 Å². The Balaban J connectivity index is 1.85. The highest BCUT2D eigenvalue weighted by Gasteiger charge is 2.66. The number of benzene rings is 1. The quantitative estimate of drug-likeness (QED) is 0.445. The summed E-state index contributed by atoms with van der Waals surface area (Å²) in [7, 11) is -0.569. The highest BCUT2D eigenvalue weighted by Crippen LogP contribution is 2.43. The maximum absolute atomic E-state index is 13.0. The molecule has 2 aliphatic heterocycles. The maximum Gasteiger partial charge on any atom is 0.573 e. The first-order valence-corrected chi connectivity index (χ1v) is 11.1. The highest BCUT2D eigenvalue weighted by molar-refractivity contribution is 7.89.